The molecule has 0 bridgehead atoms. The molecule has 2 aromatic rings. The van der Waals surface area contributed by atoms with Gasteiger partial charge in [0.2, 0.25) is 0 Å². The van der Waals surface area contributed by atoms with Gasteiger partial charge in [-0.3, -0.25) is 14.6 Å². The third-order valence-electron chi connectivity index (χ3n) is 6.64. The molecule has 0 atom stereocenters. The molecular formula is C25H33N3O3. The number of benzene rings is 2. The summed E-state index contributed by atoms with van der Waals surface area (Å²) >= 11 is 0. The van der Waals surface area contributed by atoms with Gasteiger partial charge in [-0.2, -0.15) is 0 Å². The molecule has 2 aliphatic rings. The normalized spacial score (nSPS) is 18.8. The van der Waals surface area contributed by atoms with Crippen LogP contribution in [0.5, 0.6) is 5.75 Å². The SMILES string of the molecule is COc1ccccc1-c1ccc(C(=O)N2CCC(N3CCN(CCO)CC3)CC2)cc1. The van der Waals surface area contributed by atoms with E-state index in [9.17, 15) is 4.79 Å². The van der Waals surface area contributed by atoms with Crippen LogP contribution in [0.15, 0.2) is 48.5 Å². The van der Waals surface area contributed by atoms with Crippen LogP contribution in [0.4, 0.5) is 0 Å². The van der Waals surface area contributed by atoms with Gasteiger partial charge in [-0.1, -0.05) is 30.3 Å². The monoisotopic (exact) mass is 423 g/mol. The van der Waals surface area contributed by atoms with Gasteiger partial charge < -0.3 is 14.7 Å². The van der Waals surface area contributed by atoms with E-state index in [1.807, 2.05) is 53.4 Å². The third-order valence-corrected chi connectivity index (χ3v) is 6.64. The van der Waals surface area contributed by atoms with Crippen molar-refractivity contribution in [1.82, 2.24) is 14.7 Å². The number of carbonyl (C=O) groups is 1. The Bertz CT molecular complexity index is 855. The highest BCUT2D eigenvalue weighted by Crippen LogP contribution is 2.30. The summed E-state index contributed by atoms with van der Waals surface area (Å²) in [7, 11) is 1.68. The maximum Gasteiger partial charge on any atom is 0.253 e. The number of hydrogen-bond acceptors (Lipinski definition) is 5. The third kappa shape index (κ3) is 5.09. The van der Waals surface area contributed by atoms with Crippen molar-refractivity contribution in [2.45, 2.75) is 18.9 Å². The maximum atomic E-state index is 13.0. The number of amides is 1. The quantitative estimate of drug-likeness (QED) is 0.774. The van der Waals surface area contributed by atoms with Crippen LogP contribution in [-0.4, -0.2) is 91.3 Å². The number of nitrogens with zero attached hydrogens (tertiary/aromatic N) is 3. The van der Waals surface area contributed by atoms with E-state index < -0.39 is 0 Å². The standard InChI is InChI=1S/C25H33N3O3/c1-31-24-5-3-2-4-23(24)20-6-8-21(9-7-20)25(30)28-12-10-22(11-13-28)27-16-14-26(15-17-27)18-19-29/h2-9,22,29H,10-19H2,1H3. The van der Waals surface area contributed by atoms with Crippen molar-refractivity contribution in [2.24, 2.45) is 0 Å². The van der Waals surface area contributed by atoms with Crippen molar-refractivity contribution in [3.63, 3.8) is 0 Å². The van der Waals surface area contributed by atoms with Crippen molar-refractivity contribution in [1.29, 1.82) is 0 Å². The lowest BCUT2D eigenvalue weighted by atomic mass is 10.00. The fourth-order valence-electron chi connectivity index (χ4n) is 4.79. The predicted molar refractivity (Wildman–Crippen MR) is 122 cm³/mol. The summed E-state index contributed by atoms with van der Waals surface area (Å²) in [5.74, 6) is 0.957. The first kappa shape index (κ1) is 21.8. The average Bonchev–Trinajstić information content (AvgIpc) is 2.84. The minimum absolute atomic E-state index is 0.123. The lowest BCUT2D eigenvalue weighted by molar-refractivity contribution is 0.0451. The fourth-order valence-corrected chi connectivity index (χ4v) is 4.79. The van der Waals surface area contributed by atoms with Gasteiger partial charge in [0.25, 0.3) is 5.91 Å². The molecule has 1 N–H and O–H groups in total. The number of likely N-dealkylation sites (tertiary alicyclic amines) is 1. The molecule has 0 aromatic heterocycles. The maximum absolute atomic E-state index is 13.0. The fraction of sp³-hybridized carbons (Fsp3) is 0.480. The zero-order valence-electron chi connectivity index (χ0n) is 18.4. The van der Waals surface area contributed by atoms with Crippen LogP contribution >= 0.6 is 0 Å². The molecule has 0 spiro atoms. The molecule has 2 fully saturated rings. The van der Waals surface area contributed by atoms with Crippen LogP contribution < -0.4 is 4.74 Å². The summed E-state index contributed by atoms with van der Waals surface area (Å²) < 4.78 is 5.46. The number of para-hydroxylation sites is 1. The van der Waals surface area contributed by atoms with Crippen molar-refractivity contribution < 1.29 is 14.6 Å². The molecular weight excluding hydrogens is 390 g/mol. The van der Waals surface area contributed by atoms with Gasteiger partial charge in [0.15, 0.2) is 0 Å². The van der Waals surface area contributed by atoms with Gasteiger partial charge >= 0.3 is 0 Å². The summed E-state index contributed by atoms with van der Waals surface area (Å²) in [5.41, 5.74) is 2.83. The minimum atomic E-state index is 0.123. The van der Waals surface area contributed by atoms with Crippen molar-refractivity contribution >= 4 is 5.91 Å². The smallest absolute Gasteiger partial charge is 0.253 e. The zero-order chi connectivity index (χ0) is 21.6. The molecule has 0 aliphatic carbocycles. The number of aliphatic hydroxyl groups excluding tert-OH is 1. The first-order valence-corrected chi connectivity index (χ1v) is 11.3. The molecule has 6 nitrogen and oxygen atoms in total. The van der Waals surface area contributed by atoms with Crippen LogP contribution in [0.1, 0.15) is 23.2 Å². The Morgan fingerprint density at radius 1 is 0.968 bits per heavy atom. The molecule has 6 heteroatoms. The van der Waals surface area contributed by atoms with Crippen molar-refractivity contribution in [3.8, 4) is 16.9 Å². The molecule has 2 aliphatic heterocycles. The average molecular weight is 424 g/mol. The van der Waals surface area contributed by atoms with Gasteiger partial charge in [0.1, 0.15) is 5.75 Å². The van der Waals surface area contributed by atoms with Crippen LogP contribution in [0.3, 0.4) is 0 Å². The second-order valence-corrected chi connectivity index (χ2v) is 8.40. The number of methoxy groups -OCH3 is 1. The molecule has 2 saturated heterocycles. The Labute approximate surface area is 185 Å². The van der Waals surface area contributed by atoms with Crippen LogP contribution in [-0.2, 0) is 0 Å². The van der Waals surface area contributed by atoms with Gasteiger partial charge in [-0.05, 0) is 36.6 Å². The molecule has 2 heterocycles. The van der Waals surface area contributed by atoms with Crippen LogP contribution in [0.2, 0.25) is 0 Å². The molecule has 4 rings (SSSR count). The molecule has 31 heavy (non-hydrogen) atoms. The summed E-state index contributed by atoms with van der Waals surface area (Å²) in [6, 6.07) is 16.4. The van der Waals surface area contributed by atoms with E-state index in [0.29, 0.717) is 6.04 Å². The summed E-state index contributed by atoms with van der Waals surface area (Å²) in [6.07, 6.45) is 2.07. The molecule has 0 radical (unpaired) electrons. The van der Waals surface area contributed by atoms with Crippen molar-refractivity contribution in [3.05, 3.63) is 54.1 Å². The predicted octanol–water partition coefficient (Wildman–Crippen LogP) is 2.58. The summed E-state index contributed by atoms with van der Waals surface area (Å²) in [5, 5.41) is 9.11. The van der Waals surface area contributed by atoms with Crippen LogP contribution in [0.25, 0.3) is 11.1 Å². The van der Waals surface area contributed by atoms with Gasteiger partial charge in [0.05, 0.1) is 13.7 Å². The number of aliphatic hydroxyl groups is 1. The summed E-state index contributed by atoms with van der Waals surface area (Å²) in [6.45, 7) is 6.81. The first-order valence-electron chi connectivity index (χ1n) is 11.3. The molecule has 0 saturated carbocycles. The first-order chi connectivity index (χ1) is 15.2. The molecule has 2 aromatic carbocycles. The second kappa shape index (κ2) is 10.3. The highest BCUT2D eigenvalue weighted by molar-refractivity contribution is 5.95. The number of piperazine rings is 1. The minimum Gasteiger partial charge on any atom is -0.496 e. The number of ether oxygens (including phenoxy) is 1. The Kier molecular flexibility index (Phi) is 7.22. The second-order valence-electron chi connectivity index (χ2n) is 8.40. The van der Waals surface area contributed by atoms with E-state index in [1.54, 1.807) is 7.11 Å². The van der Waals surface area contributed by atoms with E-state index in [-0.39, 0.29) is 12.5 Å². The molecule has 0 unspecified atom stereocenters. The highest BCUT2D eigenvalue weighted by atomic mass is 16.5. The topological polar surface area (TPSA) is 56.2 Å². The van der Waals surface area contributed by atoms with Gasteiger partial charge in [-0.25, -0.2) is 0 Å². The van der Waals surface area contributed by atoms with E-state index >= 15 is 0 Å². The lowest BCUT2D eigenvalue weighted by Crippen LogP contribution is -2.54. The number of piperidine rings is 1. The van der Waals surface area contributed by atoms with Crippen molar-refractivity contribution in [2.75, 3.05) is 59.5 Å². The van der Waals surface area contributed by atoms with Crippen LogP contribution in [0, 0.1) is 0 Å². The van der Waals surface area contributed by atoms with Gasteiger partial charge in [-0.15, -0.1) is 0 Å². The Balaban J connectivity index is 1.32. The Morgan fingerprint density at radius 3 is 2.29 bits per heavy atom. The van der Waals surface area contributed by atoms with Gasteiger partial charge in [0, 0.05) is 63.0 Å². The number of hydrogen-bond donors (Lipinski definition) is 1. The zero-order valence-corrected chi connectivity index (χ0v) is 18.4. The van der Waals surface area contributed by atoms with E-state index in [2.05, 4.69) is 9.80 Å². The number of rotatable bonds is 6. The number of carbonyl (C=O) groups excluding carboxylic acids is 1. The van der Waals surface area contributed by atoms with E-state index in [1.165, 1.54) is 0 Å². The molecule has 1 amide bonds. The largest absolute Gasteiger partial charge is 0.496 e. The highest BCUT2D eigenvalue weighted by Gasteiger charge is 2.29. The Morgan fingerprint density at radius 2 is 1.65 bits per heavy atom. The lowest BCUT2D eigenvalue weighted by Gasteiger charge is -2.42. The summed E-state index contributed by atoms with van der Waals surface area (Å²) in [4.78, 5) is 19.9. The molecule has 166 valence electrons. The Hall–Kier alpha value is -2.41. The van der Waals surface area contributed by atoms with E-state index in [4.69, 9.17) is 9.84 Å². The van der Waals surface area contributed by atoms with E-state index in [0.717, 1.165) is 81.1 Å². The number of β-amino-alcohol motifs (C(OH)–C–C–N with tert-alkyl or cyclic N) is 1.